The molecule has 0 fully saturated rings. The van der Waals surface area contributed by atoms with Crippen LogP contribution >= 0.6 is 0 Å². The van der Waals surface area contributed by atoms with Crippen molar-refractivity contribution in [1.29, 1.82) is 0 Å². The van der Waals surface area contributed by atoms with Gasteiger partial charge in [-0.1, -0.05) is 50.6 Å². The van der Waals surface area contributed by atoms with Crippen molar-refractivity contribution in [2.75, 3.05) is 6.54 Å². The first-order valence-electron chi connectivity index (χ1n) is 6.78. The molecule has 102 valence electrons. The van der Waals surface area contributed by atoms with E-state index in [1.807, 2.05) is 6.07 Å². The topological polar surface area (TPSA) is 46.2 Å². The molecule has 0 saturated heterocycles. The molecule has 1 aromatic carbocycles. The molecule has 2 heteroatoms. The minimum Gasteiger partial charge on any atom is -0.392 e. The van der Waals surface area contributed by atoms with Crippen LogP contribution in [0.3, 0.4) is 0 Å². The molecule has 0 amide bonds. The molecule has 2 unspecified atom stereocenters. The summed E-state index contributed by atoms with van der Waals surface area (Å²) in [7, 11) is 0. The Labute approximate surface area is 111 Å². The van der Waals surface area contributed by atoms with Crippen molar-refractivity contribution in [3.63, 3.8) is 0 Å². The normalized spacial score (nSPS) is 15.4. The molecule has 0 aromatic heterocycles. The minimum atomic E-state index is -0.351. The maximum atomic E-state index is 10.3. The van der Waals surface area contributed by atoms with E-state index in [1.165, 1.54) is 5.56 Å². The highest BCUT2D eigenvalue weighted by Crippen LogP contribution is 2.27. The van der Waals surface area contributed by atoms with Crippen molar-refractivity contribution in [2.24, 2.45) is 11.1 Å². The Balaban J connectivity index is 2.71. The van der Waals surface area contributed by atoms with Gasteiger partial charge in [-0.05, 0) is 30.7 Å². The Kier molecular flexibility index (Phi) is 5.36. The molecule has 0 aliphatic carbocycles. The van der Waals surface area contributed by atoms with Crippen LogP contribution in [0.15, 0.2) is 24.3 Å². The second-order valence-corrected chi connectivity index (χ2v) is 6.42. The molecule has 2 atom stereocenters. The fourth-order valence-electron chi connectivity index (χ4n) is 2.20. The van der Waals surface area contributed by atoms with Crippen LogP contribution in [-0.2, 0) is 0 Å². The summed E-state index contributed by atoms with van der Waals surface area (Å²) in [6.07, 6.45) is 1.46. The molecular weight excluding hydrogens is 222 g/mol. The lowest BCUT2D eigenvalue weighted by Crippen LogP contribution is -2.27. The molecule has 0 radical (unpaired) electrons. The standard InChI is InChI=1S/C16H27NO/c1-12-6-5-7-13(10-12)14(11-17)15(18)8-9-16(2,3)4/h5-7,10,14-15,18H,8-9,11,17H2,1-4H3. The summed E-state index contributed by atoms with van der Waals surface area (Å²) < 4.78 is 0. The van der Waals surface area contributed by atoms with Crippen molar-refractivity contribution in [2.45, 2.75) is 52.6 Å². The highest BCUT2D eigenvalue weighted by molar-refractivity contribution is 5.26. The highest BCUT2D eigenvalue weighted by Gasteiger charge is 2.22. The monoisotopic (exact) mass is 249 g/mol. The van der Waals surface area contributed by atoms with Gasteiger partial charge < -0.3 is 10.8 Å². The molecule has 0 spiro atoms. The summed E-state index contributed by atoms with van der Waals surface area (Å²) in [4.78, 5) is 0. The van der Waals surface area contributed by atoms with Crippen LogP contribution in [-0.4, -0.2) is 17.8 Å². The van der Waals surface area contributed by atoms with E-state index in [0.717, 1.165) is 18.4 Å². The summed E-state index contributed by atoms with van der Waals surface area (Å²) in [6, 6.07) is 8.28. The zero-order valence-electron chi connectivity index (χ0n) is 12.1. The van der Waals surface area contributed by atoms with Crippen molar-refractivity contribution in [3.8, 4) is 0 Å². The average Bonchev–Trinajstić information content (AvgIpc) is 2.26. The Hall–Kier alpha value is -0.860. The van der Waals surface area contributed by atoms with Crippen molar-refractivity contribution in [1.82, 2.24) is 0 Å². The molecule has 0 heterocycles. The van der Waals surface area contributed by atoms with E-state index < -0.39 is 0 Å². The first kappa shape index (κ1) is 15.2. The molecule has 2 nitrogen and oxygen atoms in total. The molecule has 3 N–H and O–H groups in total. The largest absolute Gasteiger partial charge is 0.392 e. The Morgan fingerprint density at radius 3 is 2.44 bits per heavy atom. The van der Waals surface area contributed by atoms with Gasteiger partial charge in [0, 0.05) is 12.5 Å². The van der Waals surface area contributed by atoms with Crippen LogP contribution in [0.1, 0.15) is 50.7 Å². The number of benzene rings is 1. The summed E-state index contributed by atoms with van der Waals surface area (Å²) in [5.74, 6) is 0.0484. The third kappa shape index (κ3) is 4.79. The average molecular weight is 249 g/mol. The quantitative estimate of drug-likeness (QED) is 0.841. The van der Waals surface area contributed by atoms with Gasteiger partial charge in [0.2, 0.25) is 0 Å². The maximum Gasteiger partial charge on any atom is 0.0621 e. The molecule has 0 aliphatic rings. The fraction of sp³-hybridized carbons (Fsp3) is 0.625. The van der Waals surface area contributed by atoms with Gasteiger partial charge in [-0.25, -0.2) is 0 Å². The van der Waals surface area contributed by atoms with Crippen LogP contribution in [0.2, 0.25) is 0 Å². The summed E-state index contributed by atoms with van der Waals surface area (Å²) in [5, 5.41) is 10.3. The predicted molar refractivity (Wildman–Crippen MR) is 77.7 cm³/mol. The Bertz CT molecular complexity index is 368. The fourth-order valence-corrected chi connectivity index (χ4v) is 2.20. The van der Waals surface area contributed by atoms with Crippen molar-refractivity contribution in [3.05, 3.63) is 35.4 Å². The first-order chi connectivity index (χ1) is 8.33. The van der Waals surface area contributed by atoms with E-state index in [0.29, 0.717) is 6.54 Å². The van der Waals surface area contributed by atoms with Gasteiger partial charge >= 0.3 is 0 Å². The summed E-state index contributed by atoms with van der Waals surface area (Å²) >= 11 is 0. The number of rotatable bonds is 5. The maximum absolute atomic E-state index is 10.3. The second kappa shape index (κ2) is 6.35. The lowest BCUT2D eigenvalue weighted by molar-refractivity contribution is 0.120. The van der Waals surface area contributed by atoms with Crippen LogP contribution in [0.25, 0.3) is 0 Å². The van der Waals surface area contributed by atoms with Crippen LogP contribution in [0.4, 0.5) is 0 Å². The SMILES string of the molecule is Cc1cccc(C(CN)C(O)CCC(C)(C)C)c1. The highest BCUT2D eigenvalue weighted by atomic mass is 16.3. The zero-order valence-corrected chi connectivity index (χ0v) is 12.1. The number of hydrogen-bond donors (Lipinski definition) is 2. The lowest BCUT2D eigenvalue weighted by atomic mass is 9.84. The molecule has 1 aromatic rings. The van der Waals surface area contributed by atoms with E-state index in [2.05, 4.69) is 45.9 Å². The van der Waals surface area contributed by atoms with Crippen LogP contribution < -0.4 is 5.73 Å². The van der Waals surface area contributed by atoms with Crippen molar-refractivity contribution >= 4 is 0 Å². The predicted octanol–water partition coefficient (Wildman–Crippen LogP) is 3.22. The number of hydrogen-bond acceptors (Lipinski definition) is 2. The molecule has 1 rings (SSSR count). The molecule has 0 saturated carbocycles. The van der Waals surface area contributed by atoms with E-state index in [1.54, 1.807) is 0 Å². The smallest absolute Gasteiger partial charge is 0.0621 e. The molecule has 18 heavy (non-hydrogen) atoms. The van der Waals surface area contributed by atoms with Crippen LogP contribution in [0, 0.1) is 12.3 Å². The number of nitrogens with two attached hydrogens (primary N) is 1. The van der Waals surface area contributed by atoms with Crippen molar-refractivity contribution < 1.29 is 5.11 Å². The third-order valence-electron chi connectivity index (χ3n) is 3.38. The van der Waals surface area contributed by atoms with Gasteiger partial charge in [-0.3, -0.25) is 0 Å². The lowest BCUT2D eigenvalue weighted by Gasteiger charge is -2.26. The summed E-state index contributed by atoms with van der Waals surface area (Å²) in [6.45, 7) is 9.16. The molecule has 0 aliphatic heterocycles. The number of aryl methyl sites for hydroxylation is 1. The van der Waals surface area contributed by atoms with E-state index >= 15 is 0 Å². The first-order valence-corrected chi connectivity index (χ1v) is 6.78. The number of aliphatic hydroxyl groups is 1. The van der Waals surface area contributed by atoms with E-state index in [-0.39, 0.29) is 17.4 Å². The molecular formula is C16H27NO. The van der Waals surface area contributed by atoms with E-state index in [4.69, 9.17) is 5.73 Å². The van der Waals surface area contributed by atoms with Crippen LogP contribution in [0.5, 0.6) is 0 Å². The van der Waals surface area contributed by atoms with Gasteiger partial charge in [0.05, 0.1) is 6.10 Å². The zero-order chi connectivity index (χ0) is 13.8. The van der Waals surface area contributed by atoms with Gasteiger partial charge in [-0.15, -0.1) is 0 Å². The van der Waals surface area contributed by atoms with Gasteiger partial charge in [0.1, 0.15) is 0 Å². The second-order valence-electron chi connectivity index (χ2n) is 6.42. The minimum absolute atomic E-state index is 0.0484. The van der Waals surface area contributed by atoms with Gasteiger partial charge in [0.15, 0.2) is 0 Å². The number of aliphatic hydroxyl groups excluding tert-OH is 1. The van der Waals surface area contributed by atoms with Gasteiger partial charge in [-0.2, -0.15) is 0 Å². The van der Waals surface area contributed by atoms with Gasteiger partial charge in [0.25, 0.3) is 0 Å². The third-order valence-corrected chi connectivity index (χ3v) is 3.38. The molecule has 0 bridgehead atoms. The Morgan fingerprint density at radius 1 is 1.28 bits per heavy atom. The van der Waals surface area contributed by atoms with E-state index in [9.17, 15) is 5.11 Å². The Morgan fingerprint density at radius 2 is 1.94 bits per heavy atom. The summed E-state index contributed by atoms with van der Waals surface area (Å²) in [5.41, 5.74) is 8.46.